The highest BCUT2D eigenvalue weighted by Gasteiger charge is 2.22. The second-order valence-corrected chi connectivity index (χ2v) is 10.8. The standard InChI is InChI=1S/C31H33F2N7O2/c1-20-9-11-39(12-10-20)29-8-7-24(17-28(29)31(42)38(2)3)34-18-26-19-40(37-36-26)27-6-4-5-25(16-27)35-30(41)21-13-22(32)15-23(33)14-21/h4-8,13-17,19-20,34H,9-12,18H2,1-3H3,(H,35,41). The zero-order valence-corrected chi connectivity index (χ0v) is 23.8. The Hall–Kier alpha value is -4.80. The van der Waals surface area contributed by atoms with Gasteiger partial charge in [0.1, 0.15) is 17.3 Å². The lowest BCUT2D eigenvalue weighted by molar-refractivity contribution is 0.0828. The van der Waals surface area contributed by atoms with Crippen LogP contribution in [0.1, 0.15) is 46.2 Å². The maximum atomic E-state index is 13.5. The zero-order chi connectivity index (χ0) is 29.8. The normalized spacial score (nSPS) is 13.6. The van der Waals surface area contributed by atoms with Crippen molar-refractivity contribution in [3.05, 3.63) is 95.3 Å². The van der Waals surface area contributed by atoms with Crippen molar-refractivity contribution in [2.75, 3.05) is 42.7 Å². The molecule has 9 nitrogen and oxygen atoms in total. The summed E-state index contributed by atoms with van der Waals surface area (Å²) in [5.74, 6) is -1.65. The minimum absolute atomic E-state index is 0.0484. The van der Waals surface area contributed by atoms with E-state index in [1.807, 2.05) is 18.2 Å². The second kappa shape index (κ2) is 12.4. The van der Waals surface area contributed by atoms with Gasteiger partial charge >= 0.3 is 0 Å². The summed E-state index contributed by atoms with van der Waals surface area (Å²) in [7, 11) is 3.51. The highest BCUT2D eigenvalue weighted by atomic mass is 19.1. The van der Waals surface area contributed by atoms with Gasteiger partial charge in [0.15, 0.2) is 0 Å². The maximum absolute atomic E-state index is 13.5. The Bertz CT molecular complexity index is 1580. The first-order valence-electron chi connectivity index (χ1n) is 13.8. The van der Waals surface area contributed by atoms with Gasteiger partial charge in [0.2, 0.25) is 0 Å². The van der Waals surface area contributed by atoms with Crippen LogP contribution in [0.4, 0.5) is 25.8 Å². The number of piperidine rings is 1. The van der Waals surface area contributed by atoms with Gasteiger partial charge in [-0.1, -0.05) is 18.2 Å². The quantitative estimate of drug-likeness (QED) is 0.295. The van der Waals surface area contributed by atoms with Crippen molar-refractivity contribution in [3.63, 3.8) is 0 Å². The fourth-order valence-electron chi connectivity index (χ4n) is 4.90. The minimum Gasteiger partial charge on any atom is -0.379 e. The number of nitrogens with zero attached hydrogens (tertiary/aromatic N) is 5. The van der Waals surface area contributed by atoms with Crippen LogP contribution in [0.15, 0.2) is 66.9 Å². The minimum atomic E-state index is -0.828. The lowest BCUT2D eigenvalue weighted by atomic mass is 9.97. The van der Waals surface area contributed by atoms with Crippen molar-refractivity contribution in [1.29, 1.82) is 0 Å². The molecule has 1 aliphatic rings. The van der Waals surface area contributed by atoms with Gasteiger partial charge in [-0.2, -0.15) is 0 Å². The summed E-state index contributed by atoms with van der Waals surface area (Å²) < 4.78 is 28.6. The van der Waals surface area contributed by atoms with E-state index in [0.717, 1.165) is 49.4 Å². The first kappa shape index (κ1) is 28.7. The van der Waals surface area contributed by atoms with Crippen LogP contribution in [0.3, 0.4) is 0 Å². The molecule has 5 rings (SSSR count). The van der Waals surface area contributed by atoms with Crippen molar-refractivity contribution in [2.24, 2.45) is 5.92 Å². The molecular formula is C31H33F2N7O2. The van der Waals surface area contributed by atoms with Crippen LogP contribution in [0, 0.1) is 17.6 Å². The van der Waals surface area contributed by atoms with Gasteiger partial charge in [-0.3, -0.25) is 9.59 Å². The van der Waals surface area contributed by atoms with E-state index in [-0.39, 0.29) is 11.5 Å². The Morgan fingerprint density at radius 1 is 0.976 bits per heavy atom. The predicted molar refractivity (Wildman–Crippen MR) is 158 cm³/mol. The van der Waals surface area contributed by atoms with E-state index in [9.17, 15) is 18.4 Å². The number of aromatic nitrogens is 3. The third-order valence-corrected chi connectivity index (χ3v) is 7.27. The second-order valence-electron chi connectivity index (χ2n) is 10.8. The van der Waals surface area contributed by atoms with Gasteiger partial charge < -0.3 is 20.4 Å². The average molecular weight is 574 g/mol. The van der Waals surface area contributed by atoms with E-state index >= 15 is 0 Å². The van der Waals surface area contributed by atoms with Crippen molar-refractivity contribution < 1.29 is 18.4 Å². The summed E-state index contributed by atoms with van der Waals surface area (Å²) >= 11 is 0. The molecular weight excluding hydrogens is 540 g/mol. The molecule has 0 bridgehead atoms. The van der Waals surface area contributed by atoms with Crippen LogP contribution < -0.4 is 15.5 Å². The number of benzene rings is 3. The Morgan fingerprint density at radius 2 is 1.71 bits per heavy atom. The Kier molecular flexibility index (Phi) is 8.46. The molecule has 3 aromatic carbocycles. The number of anilines is 3. The number of hydrogen-bond acceptors (Lipinski definition) is 6. The molecule has 11 heteroatoms. The number of hydrogen-bond donors (Lipinski definition) is 2. The number of nitrogens with one attached hydrogen (secondary N) is 2. The molecule has 218 valence electrons. The molecule has 1 saturated heterocycles. The molecule has 0 aliphatic carbocycles. The number of carbonyl (C=O) groups is 2. The molecule has 2 amide bonds. The number of rotatable bonds is 8. The zero-order valence-electron chi connectivity index (χ0n) is 23.8. The first-order valence-corrected chi connectivity index (χ1v) is 13.8. The van der Waals surface area contributed by atoms with Crippen molar-refractivity contribution >= 4 is 28.9 Å². The van der Waals surface area contributed by atoms with Gasteiger partial charge in [0, 0.05) is 55.9 Å². The highest BCUT2D eigenvalue weighted by molar-refractivity contribution is 6.04. The molecule has 4 aromatic rings. The molecule has 1 aromatic heterocycles. The molecule has 0 spiro atoms. The van der Waals surface area contributed by atoms with E-state index in [4.69, 9.17) is 0 Å². The fourth-order valence-corrected chi connectivity index (χ4v) is 4.90. The van der Waals surface area contributed by atoms with Crippen molar-refractivity contribution in [2.45, 2.75) is 26.3 Å². The monoisotopic (exact) mass is 573 g/mol. The third-order valence-electron chi connectivity index (χ3n) is 7.27. The summed E-state index contributed by atoms with van der Waals surface area (Å²) in [6.07, 6.45) is 3.96. The van der Waals surface area contributed by atoms with E-state index in [2.05, 4.69) is 32.8 Å². The first-order chi connectivity index (χ1) is 20.2. The van der Waals surface area contributed by atoms with Gasteiger partial charge in [0.25, 0.3) is 11.8 Å². The van der Waals surface area contributed by atoms with E-state index in [1.165, 1.54) is 0 Å². The van der Waals surface area contributed by atoms with Gasteiger partial charge in [-0.25, -0.2) is 13.5 Å². The Balaban J connectivity index is 1.27. The average Bonchev–Trinajstić information content (AvgIpc) is 3.45. The number of amides is 2. The van der Waals surface area contributed by atoms with Gasteiger partial charge in [-0.05, 0) is 67.3 Å². The smallest absolute Gasteiger partial charge is 0.255 e. The molecule has 2 heterocycles. The predicted octanol–water partition coefficient (Wildman–Crippen LogP) is 5.35. The highest BCUT2D eigenvalue weighted by Crippen LogP contribution is 2.29. The summed E-state index contributed by atoms with van der Waals surface area (Å²) in [6, 6.07) is 15.4. The Morgan fingerprint density at radius 3 is 2.43 bits per heavy atom. The molecule has 1 aliphatic heterocycles. The number of halogens is 2. The van der Waals surface area contributed by atoms with Crippen LogP contribution in [-0.2, 0) is 6.54 Å². The van der Waals surface area contributed by atoms with Gasteiger partial charge in [0.05, 0.1) is 24.0 Å². The SMILES string of the molecule is CC1CCN(c2ccc(NCc3cn(-c4cccc(NC(=O)c5cc(F)cc(F)c5)c4)nn3)cc2C(=O)N(C)C)CC1. The fraction of sp³-hybridized carbons (Fsp3) is 0.290. The van der Waals surface area contributed by atoms with Crippen LogP contribution in [-0.4, -0.2) is 58.9 Å². The molecule has 2 N–H and O–H groups in total. The lowest BCUT2D eigenvalue weighted by Crippen LogP contribution is -2.35. The van der Waals surface area contributed by atoms with E-state index < -0.39 is 17.5 Å². The van der Waals surface area contributed by atoms with E-state index in [1.54, 1.807) is 54.1 Å². The molecule has 1 fully saturated rings. The van der Waals surface area contributed by atoms with Crippen molar-refractivity contribution in [1.82, 2.24) is 19.9 Å². The molecule has 0 unspecified atom stereocenters. The van der Waals surface area contributed by atoms with Crippen LogP contribution in [0.2, 0.25) is 0 Å². The van der Waals surface area contributed by atoms with Crippen LogP contribution >= 0.6 is 0 Å². The summed E-state index contributed by atoms with van der Waals surface area (Å²) in [5.41, 5.74) is 4.00. The largest absolute Gasteiger partial charge is 0.379 e. The molecule has 0 atom stereocenters. The summed E-state index contributed by atoms with van der Waals surface area (Å²) in [4.78, 5) is 29.4. The summed E-state index contributed by atoms with van der Waals surface area (Å²) in [5, 5.41) is 14.4. The third kappa shape index (κ3) is 6.73. The van der Waals surface area contributed by atoms with Crippen LogP contribution in [0.25, 0.3) is 5.69 Å². The van der Waals surface area contributed by atoms with Crippen molar-refractivity contribution in [3.8, 4) is 5.69 Å². The van der Waals surface area contributed by atoms with Gasteiger partial charge in [-0.15, -0.1) is 5.10 Å². The summed E-state index contributed by atoms with van der Waals surface area (Å²) in [6.45, 7) is 4.50. The number of carbonyl (C=O) groups excluding carboxylic acids is 2. The Labute approximate surface area is 243 Å². The molecule has 0 saturated carbocycles. The molecule has 0 radical (unpaired) electrons. The van der Waals surface area contributed by atoms with E-state index in [0.29, 0.717) is 41.2 Å². The maximum Gasteiger partial charge on any atom is 0.255 e. The van der Waals surface area contributed by atoms with Crippen LogP contribution in [0.5, 0.6) is 0 Å². The lowest BCUT2D eigenvalue weighted by Gasteiger charge is -2.33. The topological polar surface area (TPSA) is 95.4 Å². The molecule has 42 heavy (non-hydrogen) atoms.